The molecule has 0 fully saturated rings. The Labute approximate surface area is 178 Å². The van der Waals surface area contributed by atoms with E-state index in [0.717, 1.165) is 18.5 Å². The van der Waals surface area contributed by atoms with Gasteiger partial charge in [0, 0.05) is 5.56 Å². The second kappa shape index (κ2) is 9.19. The molecule has 0 spiro atoms. The summed E-state index contributed by atoms with van der Waals surface area (Å²) < 4.78 is 24.8. The first kappa shape index (κ1) is 20.3. The van der Waals surface area contributed by atoms with Gasteiger partial charge in [-0.2, -0.15) is 0 Å². The average molecular weight is 427 g/mol. The van der Waals surface area contributed by atoms with Gasteiger partial charge in [-0.05, 0) is 49.4 Å². The number of benzene rings is 2. The van der Waals surface area contributed by atoms with E-state index in [9.17, 15) is 4.39 Å². The molecule has 2 aromatic carbocycles. The zero-order chi connectivity index (χ0) is 20.9. The Hall–Kier alpha value is -3.03. The summed E-state index contributed by atoms with van der Waals surface area (Å²) in [4.78, 5) is 6.47. The lowest BCUT2D eigenvalue weighted by atomic mass is 10.2. The number of rotatable bonds is 8. The quantitative estimate of drug-likeness (QED) is 0.365. The van der Waals surface area contributed by atoms with Crippen molar-refractivity contribution in [2.75, 3.05) is 6.54 Å². The summed E-state index contributed by atoms with van der Waals surface area (Å²) in [7, 11) is 0. The second-order valence-electron chi connectivity index (χ2n) is 6.82. The third-order valence-electron chi connectivity index (χ3n) is 4.51. The van der Waals surface area contributed by atoms with Gasteiger partial charge in [-0.15, -0.1) is 10.2 Å². The minimum atomic E-state index is -0.289. The van der Waals surface area contributed by atoms with Crippen LogP contribution in [0.25, 0.3) is 22.8 Å². The van der Waals surface area contributed by atoms with E-state index in [4.69, 9.17) is 20.4 Å². The van der Waals surface area contributed by atoms with Crippen molar-refractivity contribution in [2.45, 2.75) is 26.4 Å². The molecule has 0 aliphatic heterocycles. The highest BCUT2D eigenvalue weighted by molar-refractivity contribution is 6.33. The predicted octanol–water partition coefficient (Wildman–Crippen LogP) is 5.60. The molecule has 154 valence electrons. The molecule has 30 heavy (non-hydrogen) atoms. The molecule has 0 saturated heterocycles. The fourth-order valence-electron chi connectivity index (χ4n) is 3.10. The molecule has 0 aliphatic carbocycles. The summed E-state index contributed by atoms with van der Waals surface area (Å²) >= 11 is 6.21. The van der Waals surface area contributed by atoms with Crippen molar-refractivity contribution >= 4 is 11.6 Å². The lowest BCUT2D eigenvalue weighted by Gasteiger charge is -2.17. The molecule has 0 atom stereocenters. The Morgan fingerprint density at radius 3 is 2.50 bits per heavy atom. The van der Waals surface area contributed by atoms with Crippen LogP contribution in [0.15, 0.2) is 63.6 Å². The standard InChI is InChI=1S/C22H20ClFN4O2/c1-2-11-28(13-20-25-12-19(29-20)15-7-9-16(24)10-8-15)14-21-26-27-22(30-21)17-5-3-4-6-18(17)23/h3-10,12H,2,11,13-14H2,1H3. The maximum Gasteiger partial charge on any atom is 0.249 e. The number of oxazole rings is 1. The minimum Gasteiger partial charge on any atom is -0.439 e. The van der Waals surface area contributed by atoms with Gasteiger partial charge >= 0.3 is 0 Å². The summed E-state index contributed by atoms with van der Waals surface area (Å²) in [5.41, 5.74) is 1.48. The highest BCUT2D eigenvalue weighted by Crippen LogP contribution is 2.27. The lowest BCUT2D eigenvalue weighted by molar-refractivity contribution is 0.211. The Morgan fingerprint density at radius 2 is 1.73 bits per heavy atom. The Kier molecular flexibility index (Phi) is 6.21. The van der Waals surface area contributed by atoms with Crippen LogP contribution in [0.3, 0.4) is 0 Å². The van der Waals surface area contributed by atoms with Gasteiger partial charge in [0.15, 0.2) is 5.76 Å². The van der Waals surface area contributed by atoms with Crippen molar-refractivity contribution in [1.29, 1.82) is 0 Å². The van der Waals surface area contributed by atoms with E-state index < -0.39 is 0 Å². The third-order valence-corrected chi connectivity index (χ3v) is 4.84. The average Bonchev–Trinajstić information content (AvgIpc) is 3.39. The summed E-state index contributed by atoms with van der Waals surface area (Å²) in [6.07, 6.45) is 2.59. The van der Waals surface area contributed by atoms with Crippen molar-refractivity contribution in [1.82, 2.24) is 20.1 Å². The van der Waals surface area contributed by atoms with Crippen LogP contribution in [0.5, 0.6) is 0 Å². The molecule has 0 amide bonds. The predicted molar refractivity (Wildman–Crippen MR) is 111 cm³/mol. The van der Waals surface area contributed by atoms with Gasteiger partial charge in [-0.3, -0.25) is 4.90 Å². The van der Waals surface area contributed by atoms with Crippen molar-refractivity contribution < 1.29 is 13.2 Å². The maximum absolute atomic E-state index is 13.1. The van der Waals surface area contributed by atoms with E-state index in [1.165, 1.54) is 12.1 Å². The number of aromatic nitrogens is 3. The number of halogens is 2. The highest BCUT2D eigenvalue weighted by Gasteiger charge is 2.17. The van der Waals surface area contributed by atoms with E-state index in [1.807, 2.05) is 18.2 Å². The highest BCUT2D eigenvalue weighted by atomic mass is 35.5. The molecule has 6 nitrogen and oxygen atoms in total. The molecule has 0 bridgehead atoms. The van der Waals surface area contributed by atoms with Gasteiger partial charge in [0.25, 0.3) is 0 Å². The van der Waals surface area contributed by atoms with Crippen molar-refractivity contribution in [3.8, 4) is 22.8 Å². The van der Waals surface area contributed by atoms with Crippen LogP contribution in [0.2, 0.25) is 5.02 Å². The first-order valence-corrected chi connectivity index (χ1v) is 10.0. The normalized spacial score (nSPS) is 11.3. The summed E-state index contributed by atoms with van der Waals surface area (Å²) in [6.45, 7) is 3.84. The molecule has 4 aromatic rings. The smallest absolute Gasteiger partial charge is 0.249 e. The molecule has 0 saturated carbocycles. The Balaban J connectivity index is 1.46. The molecule has 0 radical (unpaired) electrons. The van der Waals surface area contributed by atoms with Crippen molar-refractivity contribution in [2.24, 2.45) is 0 Å². The van der Waals surface area contributed by atoms with Gasteiger partial charge in [-0.25, -0.2) is 9.37 Å². The molecular formula is C22H20ClFN4O2. The number of nitrogens with zero attached hydrogens (tertiary/aromatic N) is 4. The van der Waals surface area contributed by atoms with Gasteiger partial charge in [-0.1, -0.05) is 30.7 Å². The van der Waals surface area contributed by atoms with Crippen LogP contribution in [0, 0.1) is 5.82 Å². The molecule has 0 N–H and O–H groups in total. The van der Waals surface area contributed by atoms with Crippen molar-refractivity contribution in [3.05, 3.63) is 77.3 Å². The van der Waals surface area contributed by atoms with Crippen LogP contribution in [-0.2, 0) is 13.1 Å². The van der Waals surface area contributed by atoms with E-state index in [-0.39, 0.29) is 5.82 Å². The molecule has 8 heteroatoms. The van der Waals surface area contributed by atoms with Gasteiger partial charge in [0.05, 0.1) is 29.9 Å². The fourth-order valence-corrected chi connectivity index (χ4v) is 3.32. The van der Waals surface area contributed by atoms with Gasteiger partial charge < -0.3 is 8.83 Å². The third kappa shape index (κ3) is 4.75. The SMILES string of the molecule is CCCN(Cc1ncc(-c2ccc(F)cc2)o1)Cc1nnc(-c2ccccc2Cl)o1. The molecular weight excluding hydrogens is 407 g/mol. The largest absolute Gasteiger partial charge is 0.439 e. The van der Waals surface area contributed by atoms with E-state index in [1.54, 1.807) is 24.4 Å². The zero-order valence-corrected chi connectivity index (χ0v) is 17.1. The fraction of sp³-hybridized carbons (Fsp3) is 0.227. The van der Waals surface area contributed by atoms with E-state index in [2.05, 4.69) is 27.0 Å². The second-order valence-corrected chi connectivity index (χ2v) is 7.22. The minimum absolute atomic E-state index is 0.289. The monoisotopic (exact) mass is 426 g/mol. The molecule has 2 aromatic heterocycles. The van der Waals surface area contributed by atoms with E-state index in [0.29, 0.717) is 47.1 Å². The molecule has 2 heterocycles. The number of hydrogen-bond acceptors (Lipinski definition) is 6. The molecule has 0 unspecified atom stereocenters. The van der Waals surface area contributed by atoms with Crippen LogP contribution in [0.4, 0.5) is 4.39 Å². The first-order valence-electron chi connectivity index (χ1n) is 9.62. The molecule has 4 rings (SSSR count). The topological polar surface area (TPSA) is 68.2 Å². The Bertz CT molecular complexity index is 1110. The van der Waals surface area contributed by atoms with Crippen LogP contribution < -0.4 is 0 Å². The summed E-state index contributed by atoms with van der Waals surface area (Å²) in [6, 6.07) is 13.5. The lowest BCUT2D eigenvalue weighted by Crippen LogP contribution is -2.24. The number of hydrogen-bond donors (Lipinski definition) is 0. The van der Waals surface area contributed by atoms with Crippen LogP contribution >= 0.6 is 11.6 Å². The van der Waals surface area contributed by atoms with Crippen molar-refractivity contribution in [3.63, 3.8) is 0 Å². The van der Waals surface area contributed by atoms with Crippen LogP contribution in [-0.4, -0.2) is 26.6 Å². The van der Waals surface area contributed by atoms with Gasteiger partial charge in [0.1, 0.15) is 5.82 Å². The zero-order valence-electron chi connectivity index (χ0n) is 16.4. The van der Waals surface area contributed by atoms with E-state index >= 15 is 0 Å². The van der Waals surface area contributed by atoms with Crippen LogP contribution in [0.1, 0.15) is 25.1 Å². The Morgan fingerprint density at radius 1 is 0.967 bits per heavy atom. The summed E-state index contributed by atoms with van der Waals surface area (Å²) in [5, 5.41) is 8.84. The summed E-state index contributed by atoms with van der Waals surface area (Å²) in [5.74, 6) is 1.75. The van der Waals surface area contributed by atoms with Gasteiger partial charge in [0.2, 0.25) is 17.7 Å². The molecule has 0 aliphatic rings. The first-order chi connectivity index (χ1) is 14.6. The maximum atomic E-state index is 13.1.